The van der Waals surface area contributed by atoms with E-state index in [1.54, 1.807) is 7.11 Å². The first-order valence-corrected chi connectivity index (χ1v) is 10.5. The molecule has 1 aromatic rings. The zero-order chi connectivity index (χ0) is 19.7. The van der Waals surface area contributed by atoms with Crippen LogP contribution in [0.1, 0.15) is 37.7 Å². The Morgan fingerprint density at radius 2 is 2.07 bits per heavy atom. The van der Waals surface area contributed by atoms with Gasteiger partial charge in [-0.1, -0.05) is 18.9 Å². The number of guanidine groups is 1. The lowest BCUT2D eigenvalue weighted by Gasteiger charge is -2.30. The molecule has 3 rings (SSSR count). The molecule has 1 aromatic heterocycles. The Kier molecular flexibility index (Phi) is 7.91. The molecule has 2 fully saturated rings. The van der Waals surface area contributed by atoms with Crippen LogP contribution in [0.5, 0.6) is 0 Å². The number of anilines is 1. The molecule has 0 atom stereocenters. The number of aliphatic imine (C=N–C) groups is 1. The fraction of sp³-hybridized carbons (Fsp3) is 0.714. The Balaban J connectivity index is 1.56. The highest BCUT2D eigenvalue weighted by Gasteiger charge is 2.33. The van der Waals surface area contributed by atoms with Gasteiger partial charge in [-0.2, -0.15) is 0 Å². The van der Waals surface area contributed by atoms with E-state index in [9.17, 15) is 0 Å². The summed E-state index contributed by atoms with van der Waals surface area (Å²) in [6, 6.07) is 4.13. The van der Waals surface area contributed by atoms with Crippen molar-refractivity contribution in [2.75, 3.05) is 58.5 Å². The zero-order valence-corrected chi connectivity index (χ0v) is 17.4. The molecular weight excluding hydrogens is 354 g/mol. The molecule has 1 aliphatic carbocycles. The van der Waals surface area contributed by atoms with Crippen molar-refractivity contribution in [1.29, 1.82) is 0 Å². The standard InChI is InChI=1S/C21H35N5O2/c1-22-20(25-17-21(9-13-27-2)7-3-4-8-21)24-16-18-6-5-10-23-19(18)26-11-14-28-15-12-26/h5-6,10H,3-4,7-9,11-17H2,1-2H3,(H2,22,24,25). The van der Waals surface area contributed by atoms with E-state index in [0.717, 1.165) is 57.7 Å². The van der Waals surface area contributed by atoms with E-state index in [-0.39, 0.29) is 0 Å². The number of nitrogens with zero attached hydrogens (tertiary/aromatic N) is 3. The van der Waals surface area contributed by atoms with Crippen molar-refractivity contribution in [3.8, 4) is 0 Å². The van der Waals surface area contributed by atoms with Crippen molar-refractivity contribution in [2.45, 2.75) is 38.6 Å². The van der Waals surface area contributed by atoms with E-state index in [0.29, 0.717) is 12.0 Å². The minimum atomic E-state index is 0.334. The van der Waals surface area contributed by atoms with E-state index < -0.39 is 0 Å². The third kappa shape index (κ3) is 5.58. The van der Waals surface area contributed by atoms with Crippen LogP contribution in [0.15, 0.2) is 23.3 Å². The molecule has 7 heteroatoms. The highest BCUT2D eigenvalue weighted by Crippen LogP contribution is 2.40. The summed E-state index contributed by atoms with van der Waals surface area (Å²) >= 11 is 0. The molecule has 1 saturated heterocycles. The summed E-state index contributed by atoms with van der Waals surface area (Å²) in [6.07, 6.45) is 8.14. The van der Waals surface area contributed by atoms with Crippen LogP contribution in [0.2, 0.25) is 0 Å². The van der Waals surface area contributed by atoms with Crippen LogP contribution in [0, 0.1) is 5.41 Å². The summed E-state index contributed by atoms with van der Waals surface area (Å²) in [6.45, 7) is 5.77. The lowest BCUT2D eigenvalue weighted by Crippen LogP contribution is -2.43. The van der Waals surface area contributed by atoms with Crippen molar-refractivity contribution >= 4 is 11.8 Å². The first-order chi connectivity index (χ1) is 13.8. The molecule has 1 saturated carbocycles. The number of morpholine rings is 1. The van der Waals surface area contributed by atoms with Gasteiger partial charge in [-0.3, -0.25) is 4.99 Å². The van der Waals surface area contributed by atoms with Crippen LogP contribution in [-0.4, -0.2) is 64.6 Å². The Morgan fingerprint density at radius 3 is 2.79 bits per heavy atom. The third-order valence-corrected chi connectivity index (χ3v) is 5.98. The van der Waals surface area contributed by atoms with Gasteiger partial charge in [0.15, 0.2) is 5.96 Å². The second-order valence-corrected chi connectivity index (χ2v) is 7.81. The minimum Gasteiger partial charge on any atom is -0.385 e. The highest BCUT2D eigenvalue weighted by atomic mass is 16.5. The van der Waals surface area contributed by atoms with Gasteiger partial charge in [0.05, 0.1) is 13.2 Å². The average molecular weight is 390 g/mol. The Bertz CT molecular complexity index is 625. The Morgan fingerprint density at radius 1 is 1.29 bits per heavy atom. The fourth-order valence-corrected chi connectivity index (χ4v) is 4.26. The summed E-state index contributed by atoms with van der Waals surface area (Å²) in [7, 11) is 3.62. The molecule has 7 nitrogen and oxygen atoms in total. The topological polar surface area (TPSA) is 71.0 Å². The molecule has 156 valence electrons. The maximum Gasteiger partial charge on any atom is 0.191 e. The van der Waals surface area contributed by atoms with E-state index in [1.165, 1.54) is 31.2 Å². The van der Waals surface area contributed by atoms with Crippen molar-refractivity contribution in [1.82, 2.24) is 15.6 Å². The van der Waals surface area contributed by atoms with Crippen LogP contribution in [0.3, 0.4) is 0 Å². The quantitative estimate of drug-likeness (QED) is 0.525. The van der Waals surface area contributed by atoms with Crippen LogP contribution in [-0.2, 0) is 16.0 Å². The van der Waals surface area contributed by atoms with Gasteiger partial charge in [-0.15, -0.1) is 0 Å². The van der Waals surface area contributed by atoms with E-state index in [2.05, 4.69) is 31.6 Å². The van der Waals surface area contributed by atoms with Gasteiger partial charge in [0.2, 0.25) is 0 Å². The highest BCUT2D eigenvalue weighted by molar-refractivity contribution is 5.79. The third-order valence-electron chi connectivity index (χ3n) is 5.98. The summed E-state index contributed by atoms with van der Waals surface area (Å²) in [4.78, 5) is 11.3. The van der Waals surface area contributed by atoms with Crippen molar-refractivity contribution in [2.24, 2.45) is 10.4 Å². The molecule has 0 radical (unpaired) electrons. The number of nitrogens with one attached hydrogen (secondary N) is 2. The van der Waals surface area contributed by atoms with E-state index in [1.807, 2.05) is 19.3 Å². The summed E-state index contributed by atoms with van der Waals surface area (Å²) in [5.41, 5.74) is 1.52. The largest absolute Gasteiger partial charge is 0.385 e. The molecule has 0 aromatic carbocycles. The van der Waals surface area contributed by atoms with Gasteiger partial charge in [0.1, 0.15) is 5.82 Å². The molecule has 28 heavy (non-hydrogen) atoms. The zero-order valence-electron chi connectivity index (χ0n) is 17.4. The molecule has 2 N–H and O–H groups in total. The molecule has 1 aliphatic heterocycles. The van der Waals surface area contributed by atoms with Crippen LogP contribution >= 0.6 is 0 Å². The summed E-state index contributed by atoms with van der Waals surface area (Å²) in [5, 5.41) is 7.03. The lowest BCUT2D eigenvalue weighted by molar-refractivity contribution is 0.122. The molecule has 0 bridgehead atoms. The van der Waals surface area contributed by atoms with Crippen molar-refractivity contribution in [3.05, 3.63) is 23.9 Å². The Labute approximate surface area is 168 Å². The molecular formula is C21H35N5O2. The maximum absolute atomic E-state index is 5.47. The lowest BCUT2D eigenvalue weighted by atomic mass is 9.83. The number of hydrogen-bond acceptors (Lipinski definition) is 5. The summed E-state index contributed by atoms with van der Waals surface area (Å²) < 4.78 is 10.8. The monoisotopic (exact) mass is 389 g/mol. The number of ether oxygens (including phenoxy) is 2. The number of hydrogen-bond donors (Lipinski definition) is 2. The smallest absolute Gasteiger partial charge is 0.191 e. The van der Waals surface area contributed by atoms with Crippen LogP contribution in [0.25, 0.3) is 0 Å². The predicted octanol–water partition coefficient (Wildman–Crippen LogP) is 2.18. The average Bonchev–Trinajstić information content (AvgIpc) is 3.22. The van der Waals surface area contributed by atoms with Gasteiger partial charge < -0.3 is 25.0 Å². The van der Waals surface area contributed by atoms with Crippen molar-refractivity contribution in [3.63, 3.8) is 0 Å². The van der Waals surface area contributed by atoms with E-state index in [4.69, 9.17) is 9.47 Å². The van der Waals surface area contributed by atoms with Gasteiger partial charge in [-0.25, -0.2) is 4.98 Å². The van der Waals surface area contributed by atoms with Crippen LogP contribution < -0.4 is 15.5 Å². The Hall–Kier alpha value is -1.86. The van der Waals surface area contributed by atoms with Crippen molar-refractivity contribution < 1.29 is 9.47 Å². The number of methoxy groups -OCH3 is 1. The second kappa shape index (κ2) is 10.6. The fourth-order valence-electron chi connectivity index (χ4n) is 4.26. The molecule has 2 heterocycles. The molecule has 0 amide bonds. The normalized spacial score (nSPS) is 19.6. The minimum absolute atomic E-state index is 0.334. The number of rotatable bonds is 8. The first-order valence-electron chi connectivity index (χ1n) is 10.5. The SMILES string of the molecule is CN=C(NCc1cccnc1N1CCOCC1)NCC1(CCOC)CCCC1. The summed E-state index contributed by atoms with van der Waals surface area (Å²) in [5.74, 6) is 1.89. The van der Waals surface area contributed by atoms with Gasteiger partial charge in [0, 0.05) is 58.7 Å². The first kappa shape index (κ1) is 20.9. The number of aromatic nitrogens is 1. The van der Waals surface area contributed by atoms with Crippen LogP contribution in [0.4, 0.5) is 5.82 Å². The molecule has 0 spiro atoms. The number of pyridine rings is 1. The predicted molar refractivity (Wildman–Crippen MR) is 113 cm³/mol. The molecule has 2 aliphatic rings. The second-order valence-electron chi connectivity index (χ2n) is 7.81. The molecule has 0 unspecified atom stereocenters. The maximum atomic E-state index is 5.47. The van der Waals surface area contributed by atoms with Gasteiger partial charge in [0.25, 0.3) is 0 Å². The van der Waals surface area contributed by atoms with E-state index >= 15 is 0 Å². The van der Waals surface area contributed by atoms with Gasteiger partial charge in [-0.05, 0) is 30.7 Å². The van der Waals surface area contributed by atoms with Gasteiger partial charge >= 0.3 is 0 Å².